The SMILES string of the molecule is CCc1oc(=O)oc1COC(=O)N[C@@]1(C)[C@@H]2CC[C@]3(C)[C@H](C(=O)C=C4[C@@H]5C[C@@](C)(C(=O)O)CC[C@]5(C)CC[C@]43C)[C@@]2(C)CC[C@@H]1C. The summed E-state index contributed by atoms with van der Waals surface area (Å²) in [6.07, 6.45) is 9.49. The van der Waals surface area contributed by atoms with E-state index in [4.69, 9.17) is 13.6 Å². The maximum atomic E-state index is 14.7. The molecule has 0 radical (unpaired) electrons. The molecule has 0 saturated heterocycles. The van der Waals surface area contributed by atoms with Crippen molar-refractivity contribution in [2.45, 2.75) is 132 Å². The van der Waals surface area contributed by atoms with Crippen molar-refractivity contribution in [2.24, 2.45) is 50.7 Å². The van der Waals surface area contributed by atoms with Gasteiger partial charge in [0.05, 0.1) is 5.41 Å². The minimum Gasteiger partial charge on any atom is -0.481 e. The lowest BCUT2D eigenvalue weighted by atomic mass is 9.33. The van der Waals surface area contributed by atoms with E-state index in [1.807, 2.05) is 19.9 Å². The molecule has 0 bridgehead atoms. The summed E-state index contributed by atoms with van der Waals surface area (Å²) < 4.78 is 15.7. The Morgan fingerprint density at radius 1 is 0.957 bits per heavy atom. The van der Waals surface area contributed by atoms with Crippen molar-refractivity contribution in [1.82, 2.24) is 5.32 Å². The van der Waals surface area contributed by atoms with Crippen LogP contribution in [0.2, 0.25) is 0 Å². The molecule has 1 heterocycles. The van der Waals surface area contributed by atoms with Crippen LogP contribution in [0.1, 0.15) is 125 Å². The van der Waals surface area contributed by atoms with Gasteiger partial charge in [0.2, 0.25) is 0 Å². The van der Waals surface area contributed by atoms with Crippen LogP contribution >= 0.6 is 0 Å². The first-order valence-corrected chi connectivity index (χ1v) is 17.4. The summed E-state index contributed by atoms with van der Waals surface area (Å²) in [7, 11) is 0. The second-order valence-electron chi connectivity index (χ2n) is 17.1. The highest BCUT2D eigenvalue weighted by Gasteiger charge is 2.70. The summed E-state index contributed by atoms with van der Waals surface area (Å²) in [6, 6.07) is 0. The number of carboxylic acids is 1. The lowest BCUT2D eigenvalue weighted by Gasteiger charge is -2.70. The van der Waals surface area contributed by atoms with E-state index in [0.717, 1.165) is 44.9 Å². The molecule has 0 aliphatic heterocycles. The third-order valence-electron chi connectivity index (χ3n) is 15.0. The van der Waals surface area contributed by atoms with Crippen molar-refractivity contribution >= 4 is 17.8 Å². The number of hydrogen-bond donors (Lipinski definition) is 2. The molecule has 4 saturated carbocycles. The number of carbonyl (C=O) groups is 3. The number of amides is 1. The number of aryl methyl sites for hydroxylation is 1. The van der Waals surface area contributed by atoms with E-state index < -0.39 is 28.8 Å². The quantitative estimate of drug-likeness (QED) is 0.339. The zero-order valence-corrected chi connectivity index (χ0v) is 29.0. The van der Waals surface area contributed by atoms with E-state index >= 15 is 0 Å². The monoisotopic (exact) mass is 639 g/mol. The fourth-order valence-corrected chi connectivity index (χ4v) is 11.6. The van der Waals surface area contributed by atoms with Gasteiger partial charge in [0.15, 0.2) is 23.9 Å². The first-order chi connectivity index (χ1) is 21.4. The molecule has 9 heteroatoms. The molecule has 1 aromatic rings. The van der Waals surface area contributed by atoms with Crippen molar-refractivity contribution in [2.75, 3.05) is 0 Å². The molecule has 1 aromatic heterocycles. The average molecular weight is 640 g/mol. The highest BCUT2D eigenvalue weighted by atomic mass is 16.6. The van der Waals surface area contributed by atoms with E-state index in [0.29, 0.717) is 25.0 Å². The summed E-state index contributed by atoms with van der Waals surface area (Å²) in [5, 5.41) is 13.4. The van der Waals surface area contributed by atoms with Gasteiger partial charge in [0.25, 0.3) is 0 Å². The molecular weight excluding hydrogens is 586 g/mol. The van der Waals surface area contributed by atoms with Gasteiger partial charge in [-0.2, -0.15) is 0 Å². The van der Waals surface area contributed by atoms with E-state index in [-0.39, 0.29) is 63.5 Å². The van der Waals surface area contributed by atoms with Crippen LogP contribution in [0.5, 0.6) is 0 Å². The number of rotatable bonds is 5. The number of hydrogen-bond acceptors (Lipinski definition) is 7. The third kappa shape index (κ3) is 4.52. The van der Waals surface area contributed by atoms with Gasteiger partial charge in [0, 0.05) is 17.9 Å². The standard InChI is InChI=1S/C37H53NO8/c1-9-25-26(46-31(43)45-25)20-44-30(42)38-37(8)21(2)10-12-34(5)27(37)11-13-36(7)28(34)24(39)18-22-23-19-33(4,29(40)41)15-14-32(23,3)16-17-35(22,36)6/h18,21,23,27-28H,9-17,19-20H2,1-8H3,(H,38,42)(H,40,41)/t21-,23-,27+,28+,32+,33-,34-,35+,36+,37+/m0/s1. The minimum atomic E-state index is -0.810. The molecule has 0 spiro atoms. The summed E-state index contributed by atoms with van der Waals surface area (Å²) in [6.45, 7) is 17.1. The second-order valence-corrected chi connectivity index (χ2v) is 17.1. The van der Waals surface area contributed by atoms with Crippen LogP contribution in [0.15, 0.2) is 25.3 Å². The lowest BCUT2D eigenvalue weighted by Crippen LogP contribution is -2.70. The van der Waals surface area contributed by atoms with Gasteiger partial charge in [-0.25, -0.2) is 9.59 Å². The van der Waals surface area contributed by atoms with Crippen LogP contribution in [0, 0.1) is 50.7 Å². The molecule has 10 atom stereocenters. The highest BCUT2D eigenvalue weighted by molar-refractivity contribution is 5.95. The van der Waals surface area contributed by atoms with Crippen molar-refractivity contribution in [3.63, 3.8) is 0 Å². The number of carboxylic acid groups (broad SMARTS) is 1. The fraction of sp³-hybridized carbons (Fsp3) is 0.784. The Morgan fingerprint density at radius 3 is 2.30 bits per heavy atom. The van der Waals surface area contributed by atoms with Crippen LogP contribution in [0.3, 0.4) is 0 Å². The first kappa shape index (κ1) is 33.1. The maximum absolute atomic E-state index is 14.7. The molecule has 46 heavy (non-hydrogen) atoms. The smallest absolute Gasteiger partial charge is 0.481 e. The van der Waals surface area contributed by atoms with Crippen molar-refractivity contribution in [1.29, 1.82) is 0 Å². The number of carbonyl (C=O) groups excluding carboxylic acids is 2. The topological polar surface area (TPSA) is 136 Å². The van der Waals surface area contributed by atoms with Gasteiger partial charge in [-0.05, 0) is 117 Å². The number of ether oxygens (including phenoxy) is 1. The van der Waals surface area contributed by atoms with Gasteiger partial charge in [-0.1, -0.05) is 47.1 Å². The van der Waals surface area contributed by atoms with Crippen molar-refractivity contribution < 1.29 is 33.1 Å². The number of ketones is 1. The van der Waals surface area contributed by atoms with Crippen LogP contribution in [-0.4, -0.2) is 28.5 Å². The summed E-state index contributed by atoms with van der Waals surface area (Å²) >= 11 is 0. The Hall–Kier alpha value is -2.84. The van der Waals surface area contributed by atoms with Gasteiger partial charge < -0.3 is 24.0 Å². The predicted molar refractivity (Wildman–Crippen MR) is 171 cm³/mol. The van der Waals surface area contributed by atoms with Crippen LogP contribution in [0.4, 0.5) is 4.79 Å². The highest BCUT2D eigenvalue weighted by Crippen LogP contribution is 2.74. The molecule has 1 amide bonds. The normalized spacial score (nSPS) is 45.0. The molecule has 2 N–H and O–H groups in total. The molecular formula is C37H53NO8. The summed E-state index contributed by atoms with van der Waals surface area (Å²) in [5.74, 6) is -0.696. The number of alkyl carbamates (subject to hydrolysis) is 1. The maximum Gasteiger partial charge on any atom is 0.519 e. The molecule has 0 unspecified atom stereocenters. The Bertz CT molecular complexity index is 1540. The lowest BCUT2D eigenvalue weighted by molar-refractivity contribution is -0.185. The van der Waals surface area contributed by atoms with Gasteiger partial charge >= 0.3 is 17.9 Å². The van der Waals surface area contributed by atoms with Gasteiger partial charge in [-0.3, -0.25) is 9.59 Å². The number of allylic oxidation sites excluding steroid dienone is 2. The molecule has 5 aliphatic rings. The van der Waals surface area contributed by atoms with Crippen molar-refractivity contribution in [3.8, 4) is 0 Å². The molecule has 6 rings (SSSR count). The Kier molecular flexibility index (Phi) is 7.61. The van der Waals surface area contributed by atoms with Gasteiger partial charge in [0.1, 0.15) is 0 Å². The Morgan fingerprint density at radius 2 is 1.63 bits per heavy atom. The molecule has 0 aromatic carbocycles. The second kappa shape index (κ2) is 10.6. The molecule has 4 fully saturated rings. The number of nitrogens with one attached hydrogen (secondary N) is 1. The van der Waals surface area contributed by atoms with Crippen LogP contribution in [-0.2, 0) is 27.4 Å². The zero-order valence-electron chi connectivity index (χ0n) is 29.0. The van der Waals surface area contributed by atoms with E-state index in [2.05, 4.69) is 46.9 Å². The summed E-state index contributed by atoms with van der Waals surface area (Å²) in [5.41, 5.74) is -1.03. The largest absolute Gasteiger partial charge is 0.519 e. The first-order valence-electron chi connectivity index (χ1n) is 17.4. The van der Waals surface area contributed by atoms with Crippen molar-refractivity contribution in [3.05, 3.63) is 33.8 Å². The van der Waals surface area contributed by atoms with E-state index in [1.165, 1.54) is 5.57 Å². The third-order valence-corrected chi connectivity index (χ3v) is 15.0. The fourth-order valence-electron chi connectivity index (χ4n) is 11.6. The number of aliphatic carboxylic acids is 1. The van der Waals surface area contributed by atoms with Crippen LogP contribution < -0.4 is 11.1 Å². The predicted octanol–water partition coefficient (Wildman–Crippen LogP) is 7.46. The number of fused-ring (bicyclic) bond motifs is 7. The molecule has 254 valence electrons. The Labute approximate surface area is 272 Å². The van der Waals surface area contributed by atoms with E-state index in [9.17, 15) is 24.3 Å². The average Bonchev–Trinajstić information content (AvgIpc) is 3.35. The zero-order chi connectivity index (χ0) is 33.7. The van der Waals surface area contributed by atoms with Crippen LogP contribution in [0.25, 0.3) is 0 Å². The Balaban J connectivity index is 1.31. The minimum absolute atomic E-state index is 0.00486. The molecule has 9 nitrogen and oxygen atoms in total. The van der Waals surface area contributed by atoms with Gasteiger partial charge in [-0.15, -0.1) is 0 Å². The summed E-state index contributed by atoms with van der Waals surface area (Å²) in [4.78, 5) is 52.0. The van der Waals surface area contributed by atoms with E-state index in [1.54, 1.807) is 0 Å². The molecule has 5 aliphatic carbocycles.